The monoisotopic (exact) mass is 374 g/mol. The van der Waals surface area contributed by atoms with Crippen molar-refractivity contribution in [2.75, 3.05) is 13.1 Å². The Kier molecular flexibility index (Phi) is 5.06. The van der Waals surface area contributed by atoms with Gasteiger partial charge in [0.05, 0.1) is 10.5 Å². The molecule has 1 saturated heterocycles. The van der Waals surface area contributed by atoms with Crippen LogP contribution < -0.4 is 5.14 Å². The average molecular weight is 375 g/mol. The number of piperidine rings is 1. The van der Waals surface area contributed by atoms with Crippen LogP contribution in [0.1, 0.15) is 36.5 Å². The number of likely N-dealkylation sites (tertiary alicyclic amines) is 1. The summed E-state index contributed by atoms with van der Waals surface area (Å²) in [6.45, 7) is 3.55. The number of carbonyl (C=O) groups excluding carboxylic acids is 1. The molecule has 1 fully saturated rings. The van der Waals surface area contributed by atoms with E-state index < -0.39 is 10.0 Å². The van der Waals surface area contributed by atoms with E-state index in [4.69, 9.17) is 5.14 Å². The van der Waals surface area contributed by atoms with E-state index in [2.05, 4.69) is 22.9 Å². The van der Waals surface area contributed by atoms with Crippen LogP contribution in [0.5, 0.6) is 0 Å². The van der Waals surface area contributed by atoms with Crippen LogP contribution >= 0.6 is 15.9 Å². The molecule has 0 saturated carbocycles. The number of rotatable bonds is 3. The van der Waals surface area contributed by atoms with Gasteiger partial charge in [-0.3, -0.25) is 4.79 Å². The van der Waals surface area contributed by atoms with Gasteiger partial charge in [0.2, 0.25) is 10.0 Å². The number of carbonyl (C=O) groups is 1. The lowest BCUT2D eigenvalue weighted by Gasteiger charge is -2.32. The van der Waals surface area contributed by atoms with Crippen molar-refractivity contribution < 1.29 is 13.2 Å². The van der Waals surface area contributed by atoms with E-state index in [0.29, 0.717) is 22.5 Å². The predicted octanol–water partition coefficient (Wildman–Crippen LogP) is 2.36. The van der Waals surface area contributed by atoms with Gasteiger partial charge in [0.15, 0.2) is 0 Å². The molecule has 1 aromatic carbocycles. The van der Waals surface area contributed by atoms with Crippen molar-refractivity contribution >= 4 is 31.9 Å². The Morgan fingerprint density at radius 1 is 1.48 bits per heavy atom. The summed E-state index contributed by atoms with van der Waals surface area (Å²) in [6, 6.07) is 4.28. The first-order valence-electron chi connectivity index (χ1n) is 6.94. The van der Waals surface area contributed by atoms with Crippen LogP contribution in [0, 0.1) is 5.92 Å². The number of halogens is 1. The van der Waals surface area contributed by atoms with Crippen molar-refractivity contribution in [3.63, 3.8) is 0 Å². The van der Waals surface area contributed by atoms with Gasteiger partial charge in [-0.05, 0) is 52.9 Å². The van der Waals surface area contributed by atoms with Gasteiger partial charge in [-0.1, -0.05) is 13.3 Å². The van der Waals surface area contributed by atoms with Crippen LogP contribution in [-0.4, -0.2) is 32.3 Å². The first-order valence-corrected chi connectivity index (χ1v) is 9.28. The highest BCUT2D eigenvalue weighted by Gasteiger charge is 2.25. The van der Waals surface area contributed by atoms with Gasteiger partial charge in [-0.2, -0.15) is 0 Å². The molecular formula is C14H19BrN2O3S. The highest BCUT2D eigenvalue weighted by Crippen LogP contribution is 2.25. The van der Waals surface area contributed by atoms with E-state index in [1.54, 1.807) is 11.0 Å². The van der Waals surface area contributed by atoms with Crippen LogP contribution in [0.4, 0.5) is 0 Å². The first kappa shape index (κ1) is 16.5. The molecule has 116 valence electrons. The fraction of sp³-hybridized carbons (Fsp3) is 0.500. The van der Waals surface area contributed by atoms with Gasteiger partial charge in [-0.15, -0.1) is 0 Å². The van der Waals surface area contributed by atoms with Gasteiger partial charge < -0.3 is 4.90 Å². The Hall–Kier alpha value is -0.920. The topological polar surface area (TPSA) is 80.5 Å². The normalized spacial score (nSPS) is 19.6. The summed E-state index contributed by atoms with van der Waals surface area (Å²) in [5.74, 6) is 0.369. The lowest BCUT2D eigenvalue weighted by atomic mass is 9.95. The molecular weight excluding hydrogens is 356 g/mol. The Morgan fingerprint density at radius 2 is 2.19 bits per heavy atom. The van der Waals surface area contributed by atoms with Crippen molar-refractivity contribution in [2.45, 2.75) is 31.1 Å². The molecule has 5 nitrogen and oxygen atoms in total. The smallest absolute Gasteiger partial charge is 0.255 e. The maximum atomic E-state index is 12.6. The molecule has 0 aliphatic carbocycles. The SMILES string of the molecule is CCC1CCCN(C(=O)c2cc(S(N)(=O)=O)ccc2Br)C1. The van der Waals surface area contributed by atoms with Crippen molar-refractivity contribution in [1.29, 1.82) is 0 Å². The van der Waals surface area contributed by atoms with Crippen LogP contribution in [-0.2, 0) is 10.0 Å². The van der Waals surface area contributed by atoms with E-state index in [-0.39, 0.29) is 10.8 Å². The van der Waals surface area contributed by atoms with Crippen molar-refractivity contribution in [1.82, 2.24) is 4.90 Å². The minimum atomic E-state index is -3.81. The highest BCUT2D eigenvalue weighted by atomic mass is 79.9. The fourth-order valence-corrected chi connectivity index (χ4v) is 3.55. The molecule has 21 heavy (non-hydrogen) atoms. The molecule has 1 amide bonds. The Labute approximate surface area is 133 Å². The predicted molar refractivity (Wildman–Crippen MR) is 84.4 cm³/mol. The first-order chi connectivity index (χ1) is 9.82. The van der Waals surface area contributed by atoms with Gasteiger partial charge in [0.1, 0.15) is 0 Å². The molecule has 1 atom stereocenters. The van der Waals surface area contributed by atoms with Crippen LogP contribution in [0.25, 0.3) is 0 Å². The number of nitrogens with two attached hydrogens (primary N) is 1. The second-order valence-electron chi connectivity index (χ2n) is 5.35. The number of amides is 1. The number of sulfonamides is 1. The lowest BCUT2D eigenvalue weighted by molar-refractivity contribution is 0.0670. The quantitative estimate of drug-likeness (QED) is 0.881. The minimum Gasteiger partial charge on any atom is -0.338 e. The van der Waals surface area contributed by atoms with E-state index in [9.17, 15) is 13.2 Å². The third-order valence-corrected chi connectivity index (χ3v) is 5.48. The summed E-state index contributed by atoms with van der Waals surface area (Å²) in [4.78, 5) is 14.4. The maximum Gasteiger partial charge on any atom is 0.255 e. The summed E-state index contributed by atoms with van der Waals surface area (Å²) in [6.07, 6.45) is 3.16. The average Bonchev–Trinajstić information content (AvgIpc) is 2.46. The zero-order chi connectivity index (χ0) is 15.6. The summed E-state index contributed by atoms with van der Waals surface area (Å²) in [7, 11) is -3.81. The molecule has 1 aromatic rings. The fourth-order valence-electron chi connectivity index (χ4n) is 2.60. The number of benzene rings is 1. The Morgan fingerprint density at radius 3 is 2.81 bits per heavy atom. The zero-order valence-corrected chi connectivity index (χ0v) is 14.3. The molecule has 1 aliphatic heterocycles. The van der Waals surface area contributed by atoms with E-state index in [1.165, 1.54) is 12.1 Å². The van der Waals surface area contributed by atoms with E-state index in [0.717, 1.165) is 25.8 Å². The molecule has 1 aliphatic rings. The molecule has 2 rings (SSSR count). The van der Waals surface area contributed by atoms with E-state index in [1.807, 2.05) is 0 Å². The largest absolute Gasteiger partial charge is 0.338 e. The number of primary sulfonamides is 1. The number of hydrogen-bond acceptors (Lipinski definition) is 3. The molecule has 2 N–H and O–H groups in total. The summed E-state index contributed by atoms with van der Waals surface area (Å²) in [5, 5.41) is 5.13. The zero-order valence-electron chi connectivity index (χ0n) is 11.9. The number of nitrogens with zero attached hydrogens (tertiary/aromatic N) is 1. The standard InChI is InChI=1S/C14H19BrN2O3S/c1-2-10-4-3-7-17(9-10)14(18)12-8-11(21(16,19)20)5-6-13(12)15/h5-6,8,10H,2-4,7,9H2,1H3,(H2,16,19,20). The highest BCUT2D eigenvalue weighted by molar-refractivity contribution is 9.10. The summed E-state index contributed by atoms with van der Waals surface area (Å²) in [5.41, 5.74) is 0.346. The third-order valence-electron chi connectivity index (χ3n) is 3.88. The Bertz CT molecular complexity index is 646. The van der Waals surface area contributed by atoms with Crippen LogP contribution in [0.2, 0.25) is 0 Å². The lowest BCUT2D eigenvalue weighted by Crippen LogP contribution is -2.40. The molecule has 7 heteroatoms. The van der Waals surface area contributed by atoms with Gasteiger partial charge >= 0.3 is 0 Å². The summed E-state index contributed by atoms with van der Waals surface area (Å²) >= 11 is 3.31. The van der Waals surface area contributed by atoms with Gasteiger partial charge in [0, 0.05) is 17.6 Å². The molecule has 1 unspecified atom stereocenters. The van der Waals surface area contributed by atoms with E-state index >= 15 is 0 Å². The van der Waals surface area contributed by atoms with Crippen LogP contribution in [0.15, 0.2) is 27.6 Å². The summed E-state index contributed by atoms with van der Waals surface area (Å²) < 4.78 is 23.4. The van der Waals surface area contributed by atoms with Crippen molar-refractivity contribution in [3.8, 4) is 0 Å². The molecule has 1 heterocycles. The molecule has 0 bridgehead atoms. The van der Waals surface area contributed by atoms with Gasteiger partial charge in [-0.25, -0.2) is 13.6 Å². The molecule has 0 radical (unpaired) electrons. The second-order valence-corrected chi connectivity index (χ2v) is 7.77. The second kappa shape index (κ2) is 6.46. The molecule has 0 spiro atoms. The van der Waals surface area contributed by atoms with Crippen molar-refractivity contribution in [3.05, 3.63) is 28.2 Å². The minimum absolute atomic E-state index is 0.0434. The van der Waals surface area contributed by atoms with Crippen molar-refractivity contribution in [2.24, 2.45) is 11.1 Å². The maximum absolute atomic E-state index is 12.6. The number of hydrogen-bond donors (Lipinski definition) is 1. The van der Waals surface area contributed by atoms with Crippen LogP contribution in [0.3, 0.4) is 0 Å². The Balaban J connectivity index is 2.30. The third kappa shape index (κ3) is 3.84. The molecule has 0 aromatic heterocycles. The van der Waals surface area contributed by atoms with Gasteiger partial charge in [0.25, 0.3) is 5.91 Å².